The predicted octanol–water partition coefficient (Wildman–Crippen LogP) is 4.99. The summed E-state index contributed by atoms with van der Waals surface area (Å²) < 4.78 is 20.1. The van der Waals surface area contributed by atoms with Gasteiger partial charge in [0.15, 0.2) is 11.6 Å². The van der Waals surface area contributed by atoms with Gasteiger partial charge in [-0.05, 0) is 24.6 Å². The lowest BCUT2D eigenvalue weighted by Gasteiger charge is -2.40. The second-order valence-electron chi connectivity index (χ2n) is 7.52. The van der Waals surface area contributed by atoms with E-state index < -0.39 is 5.82 Å². The van der Waals surface area contributed by atoms with Gasteiger partial charge in [-0.15, -0.1) is 0 Å². The average molecular weight is 485 g/mol. The fourth-order valence-electron chi connectivity index (χ4n) is 3.54. The van der Waals surface area contributed by atoms with E-state index in [4.69, 9.17) is 44.3 Å². The van der Waals surface area contributed by atoms with E-state index in [0.29, 0.717) is 33.2 Å². The minimum absolute atomic E-state index is 0.0774. The third-order valence-electron chi connectivity index (χ3n) is 5.50. The molecule has 1 aliphatic heterocycles. The molecule has 0 aliphatic carbocycles. The normalized spacial score (nSPS) is 15.0. The van der Waals surface area contributed by atoms with Gasteiger partial charge in [0.1, 0.15) is 12.4 Å². The topological polar surface area (TPSA) is 112 Å². The van der Waals surface area contributed by atoms with Gasteiger partial charge >= 0.3 is 0 Å². The molecular formula is C23H19Cl2FN6O. The molecular weight excluding hydrogens is 466 g/mol. The summed E-state index contributed by atoms with van der Waals surface area (Å²) in [5, 5.41) is 18.1. The van der Waals surface area contributed by atoms with E-state index in [1.54, 1.807) is 18.3 Å². The number of hydrogen-bond acceptors (Lipinski definition) is 7. The van der Waals surface area contributed by atoms with Crippen LogP contribution in [0.1, 0.15) is 29.5 Å². The van der Waals surface area contributed by atoms with E-state index in [-0.39, 0.29) is 29.8 Å². The lowest BCUT2D eigenvalue weighted by molar-refractivity contribution is 0.290. The fraction of sp³-hybridized carbons (Fsp3) is 0.217. The van der Waals surface area contributed by atoms with E-state index in [2.05, 4.69) is 20.9 Å². The van der Waals surface area contributed by atoms with Crippen LogP contribution in [0.4, 0.5) is 15.9 Å². The molecule has 1 atom stereocenters. The second-order valence-corrected chi connectivity index (χ2v) is 8.33. The van der Waals surface area contributed by atoms with Gasteiger partial charge in [-0.1, -0.05) is 23.2 Å². The summed E-state index contributed by atoms with van der Waals surface area (Å²) in [5.41, 5.74) is 7.47. The van der Waals surface area contributed by atoms with Gasteiger partial charge in [0.2, 0.25) is 0 Å². The Morgan fingerprint density at radius 3 is 2.64 bits per heavy atom. The first-order valence-electron chi connectivity index (χ1n) is 10.1. The zero-order valence-corrected chi connectivity index (χ0v) is 18.9. The summed E-state index contributed by atoms with van der Waals surface area (Å²) in [6.07, 6.45) is 5.82. The standard InChI is InChI=1S/C23H19Cl2FN6O/c24-17-10-30-11-18(25)16(17)12-33-21-7-15(20(28)8-19(21)26)23(29)13-1-2-22(31-9-13)32-6-4-14(32)3-5-27/h1-2,7-11,14,29H,3-4,6,12,28H2. The molecule has 33 heavy (non-hydrogen) atoms. The number of nitrogens with two attached hydrogens (primary N) is 1. The fourth-order valence-corrected chi connectivity index (χ4v) is 4.01. The van der Waals surface area contributed by atoms with E-state index >= 15 is 0 Å². The minimum atomic E-state index is -0.667. The first-order chi connectivity index (χ1) is 15.9. The summed E-state index contributed by atoms with van der Waals surface area (Å²) >= 11 is 12.2. The van der Waals surface area contributed by atoms with Crippen molar-refractivity contribution in [2.24, 2.45) is 0 Å². The molecule has 7 nitrogen and oxygen atoms in total. The number of anilines is 2. The maximum absolute atomic E-state index is 14.5. The van der Waals surface area contributed by atoms with Gasteiger partial charge in [-0.25, -0.2) is 9.37 Å². The first kappa shape index (κ1) is 22.8. The predicted molar refractivity (Wildman–Crippen MR) is 126 cm³/mol. The number of nitrogens with zero attached hydrogens (tertiary/aromatic N) is 4. The zero-order chi connectivity index (χ0) is 23.5. The third-order valence-corrected chi connectivity index (χ3v) is 6.15. The van der Waals surface area contributed by atoms with Crippen LogP contribution in [0.5, 0.6) is 5.75 Å². The largest absolute Gasteiger partial charge is 0.486 e. The number of ether oxygens (including phenoxy) is 1. The van der Waals surface area contributed by atoms with Crippen LogP contribution in [0.3, 0.4) is 0 Å². The van der Waals surface area contributed by atoms with Gasteiger partial charge in [0.25, 0.3) is 0 Å². The van der Waals surface area contributed by atoms with Crippen LogP contribution in [0.25, 0.3) is 0 Å². The molecule has 10 heteroatoms. The van der Waals surface area contributed by atoms with Crippen molar-refractivity contribution in [2.75, 3.05) is 17.2 Å². The van der Waals surface area contributed by atoms with Crippen molar-refractivity contribution in [2.45, 2.75) is 25.5 Å². The Morgan fingerprint density at radius 1 is 1.27 bits per heavy atom. The molecule has 1 saturated heterocycles. The summed E-state index contributed by atoms with van der Waals surface area (Å²) in [4.78, 5) is 10.4. The monoisotopic (exact) mass is 484 g/mol. The van der Waals surface area contributed by atoms with E-state index in [0.717, 1.165) is 24.8 Å². The Hall–Kier alpha value is -3.41. The van der Waals surface area contributed by atoms with Crippen LogP contribution < -0.4 is 15.4 Å². The van der Waals surface area contributed by atoms with Gasteiger partial charge in [0, 0.05) is 59.6 Å². The zero-order valence-electron chi connectivity index (χ0n) is 17.4. The van der Waals surface area contributed by atoms with Crippen LogP contribution in [-0.4, -0.2) is 28.3 Å². The molecule has 0 radical (unpaired) electrons. The Morgan fingerprint density at radius 2 is 2.03 bits per heavy atom. The third kappa shape index (κ3) is 4.70. The number of nitrogens with one attached hydrogen (secondary N) is 1. The number of pyridine rings is 2. The molecule has 2 aromatic heterocycles. The highest BCUT2D eigenvalue weighted by molar-refractivity contribution is 6.35. The van der Waals surface area contributed by atoms with Crippen LogP contribution >= 0.6 is 23.2 Å². The Labute approximate surface area is 200 Å². The number of nitrogen functional groups attached to an aromatic ring is 1. The van der Waals surface area contributed by atoms with E-state index in [1.165, 1.54) is 18.5 Å². The highest BCUT2D eigenvalue weighted by atomic mass is 35.5. The summed E-state index contributed by atoms with van der Waals surface area (Å²) in [6.45, 7) is 0.761. The molecule has 0 bridgehead atoms. The van der Waals surface area contributed by atoms with E-state index in [1.807, 2.05) is 0 Å². The molecule has 3 heterocycles. The lowest BCUT2D eigenvalue weighted by atomic mass is 9.99. The molecule has 0 saturated carbocycles. The van der Waals surface area contributed by atoms with Crippen molar-refractivity contribution in [3.8, 4) is 11.8 Å². The number of aromatic nitrogens is 2. The minimum Gasteiger partial charge on any atom is -0.486 e. The smallest absolute Gasteiger partial charge is 0.167 e. The molecule has 1 aromatic carbocycles. The van der Waals surface area contributed by atoms with Crippen LogP contribution in [-0.2, 0) is 6.61 Å². The van der Waals surface area contributed by atoms with Crippen LogP contribution in [0, 0.1) is 22.6 Å². The number of benzene rings is 1. The number of halogens is 3. The molecule has 3 N–H and O–H groups in total. The molecule has 0 amide bonds. The lowest BCUT2D eigenvalue weighted by Crippen LogP contribution is -2.48. The summed E-state index contributed by atoms with van der Waals surface area (Å²) in [6, 6.07) is 8.41. The number of rotatable bonds is 7. The van der Waals surface area contributed by atoms with Crippen molar-refractivity contribution in [3.05, 3.63) is 75.4 Å². The second kappa shape index (κ2) is 9.61. The summed E-state index contributed by atoms with van der Waals surface area (Å²) in [7, 11) is 0. The van der Waals surface area contributed by atoms with Crippen molar-refractivity contribution in [1.29, 1.82) is 10.7 Å². The van der Waals surface area contributed by atoms with Crippen LogP contribution in [0.15, 0.2) is 42.9 Å². The molecule has 1 fully saturated rings. The highest BCUT2D eigenvalue weighted by Crippen LogP contribution is 2.30. The number of nitriles is 1. The van der Waals surface area contributed by atoms with Crippen molar-refractivity contribution < 1.29 is 9.13 Å². The van der Waals surface area contributed by atoms with E-state index in [9.17, 15) is 4.39 Å². The quantitative estimate of drug-likeness (QED) is 0.360. The Balaban J connectivity index is 1.54. The Bertz CT molecular complexity index is 1220. The van der Waals surface area contributed by atoms with Crippen molar-refractivity contribution in [1.82, 2.24) is 9.97 Å². The molecule has 1 aliphatic rings. The maximum Gasteiger partial charge on any atom is 0.167 e. The molecule has 4 rings (SSSR count). The van der Waals surface area contributed by atoms with Crippen molar-refractivity contribution in [3.63, 3.8) is 0 Å². The SMILES string of the molecule is N#CCC1CCN1c1ccc(C(=N)c2cc(OCc3c(Cl)cncc3Cl)c(F)cc2N)cn1. The molecule has 0 spiro atoms. The van der Waals surface area contributed by atoms with Gasteiger partial charge < -0.3 is 15.4 Å². The maximum atomic E-state index is 14.5. The van der Waals surface area contributed by atoms with Gasteiger partial charge in [-0.3, -0.25) is 10.4 Å². The highest BCUT2D eigenvalue weighted by Gasteiger charge is 2.28. The molecule has 3 aromatic rings. The Kier molecular flexibility index (Phi) is 6.63. The van der Waals surface area contributed by atoms with Gasteiger partial charge in [-0.2, -0.15) is 5.26 Å². The number of hydrogen-bond donors (Lipinski definition) is 2. The molecule has 168 valence electrons. The van der Waals surface area contributed by atoms with Gasteiger partial charge in [0.05, 0.1) is 28.2 Å². The molecule has 1 unspecified atom stereocenters. The van der Waals surface area contributed by atoms with Crippen LogP contribution in [0.2, 0.25) is 10.0 Å². The average Bonchev–Trinajstić information content (AvgIpc) is 2.77. The first-order valence-corrected chi connectivity index (χ1v) is 10.8. The van der Waals surface area contributed by atoms with Crippen molar-refractivity contribution >= 4 is 40.4 Å². The summed E-state index contributed by atoms with van der Waals surface area (Å²) in [5.74, 6) is -0.00204.